The van der Waals surface area contributed by atoms with Crippen LogP contribution in [-0.2, 0) is 23.9 Å². The molecule has 0 bridgehead atoms. The first kappa shape index (κ1) is 22.7. The molecule has 154 valence electrons. The Morgan fingerprint density at radius 2 is 2.00 bits per heavy atom. The lowest BCUT2D eigenvalue weighted by molar-refractivity contribution is -0.145. The molecule has 1 aromatic rings. The standard InChI is InChI=1S/C20H22N2O5S2/c1-4-26-16(24)9-13(23)11-29-19-14(10-21)18(15-7-6-8-28-15)17(12(3)22-19)20(25)27-5-2/h6-8,18,22H,4-5,9,11H2,1-3H3/t18-/m1/s1. The summed E-state index contributed by atoms with van der Waals surface area (Å²) in [5, 5.41) is 15.3. The fourth-order valence-corrected chi connectivity index (χ4v) is 4.62. The molecule has 0 spiro atoms. The number of ether oxygens (including phenoxy) is 2. The molecule has 1 aliphatic rings. The molecule has 0 radical (unpaired) electrons. The zero-order valence-corrected chi connectivity index (χ0v) is 18.1. The van der Waals surface area contributed by atoms with E-state index in [4.69, 9.17) is 9.47 Å². The summed E-state index contributed by atoms with van der Waals surface area (Å²) in [7, 11) is 0. The van der Waals surface area contributed by atoms with Crippen LogP contribution in [0.5, 0.6) is 0 Å². The number of nitriles is 1. The average molecular weight is 435 g/mol. The van der Waals surface area contributed by atoms with Gasteiger partial charge in [-0.25, -0.2) is 4.79 Å². The molecule has 9 heteroatoms. The first-order valence-electron chi connectivity index (χ1n) is 9.05. The fraction of sp³-hybridized carbons (Fsp3) is 0.400. The molecular formula is C20H22N2O5S2. The first-order chi connectivity index (χ1) is 13.9. The van der Waals surface area contributed by atoms with Crippen LogP contribution in [0.25, 0.3) is 0 Å². The number of hydrogen-bond acceptors (Lipinski definition) is 9. The molecule has 7 nitrogen and oxygen atoms in total. The summed E-state index contributed by atoms with van der Waals surface area (Å²) in [4.78, 5) is 37.0. The minimum atomic E-state index is -0.568. The van der Waals surface area contributed by atoms with Gasteiger partial charge in [0, 0.05) is 10.6 Å². The van der Waals surface area contributed by atoms with Crippen molar-refractivity contribution in [1.82, 2.24) is 5.32 Å². The van der Waals surface area contributed by atoms with Gasteiger partial charge in [-0.05, 0) is 32.2 Å². The van der Waals surface area contributed by atoms with Crippen LogP contribution < -0.4 is 5.32 Å². The number of esters is 2. The summed E-state index contributed by atoms with van der Waals surface area (Å²) in [5.74, 6) is -1.91. The number of rotatable bonds is 9. The summed E-state index contributed by atoms with van der Waals surface area (Å²) in [6.45, 7) is 5.58. The van der Waals surface area contributed by atoms with E-state index in [0.29, 0.717) is 21.9 Å². The summed E-state index contributed by atoms with van der Waals surface area (Å²) < 4.78 is 9.98. The van der Waals surface area contributed by atoms with Crippen molar-refractivity contribution in [1.29, 1.82) is 5.26 Å². The van der Waals surface area contributed by atoms with Crippen molar-refractivity contribution in [3.63, 3.8) is 0 Å². The molecule has 0 saturated heterocycles. The minimum Gasteiger partial charge on any atom is -0.466 e. The van der Waals surface area contributed by atoms with Crippen molar-refractivity contribution in [2.75, 3.05) is 19.0 Å². The molecule has 0 amide bonds. The predicted octanol–water partition coefficient (Wildman–Crippen LogP) is 3.26. The van der Waals surface area contributed by atoms with Gasteiger partial charge in [0.2, 0.25) is 0 Å². The van der Waals surface area contributed by atoms with Crippen LogP contribution in [0.15, 0.2) is 39.4 Å². The van der Waals surface area contributed by atoms with Crippen LogP contribution in [0.3, 0.4) is 0 Å². The second-order valence-electron chi connectivity index (χ2n) is 6.00. The van der Waals surface area contributed by atoms with E-state index in [9.17, 15) is 19.6 Å². The molecule has 1 aliphatic heterocycles. The van der Waals surface area contributed by atoms with Gasteiger partial charge >= 0.3 is 11.9 Å². The largest absolute Gasteiger partial charge is 0.466 e. The van der Waals surface area contributed by atoms with Gasteiger partial charge in [0.25, 0.3) is 0 Å². The van der Waals surface area contributed by atoms with Gasteiger partial charge in [-0.2, -0.15) is 5.26 Å². The van der Waals surface area contributed by atoms with Crippen LogP contribution in [0.2, 0.25) is 0 Å². The van der Waals surface area contributed by atoms with Crippen molar-refractivity contribution in [3.8, 4) is 6.07 Å². The van der Waals surface area contributed by atoms with Gasteiger partial charge in [-0.1, -0.05) is 17.8 Å². The number of carbonyl (C=O) groups excluding carboxylic acids is 3. The highest BCUT2D eigenvalue weighted by molar-refractivity contribution is 8.03. The smallest absolute Gasteiger partial charge is 0.336 e. The zero-order chi connectivity index (χ0) is 21.4. The van der Waals surface area contributed by atoms with E-state index < -0.39 is 17.9 Å². The number of allylic oxidation sites excluding steroid dienone is 2. The summed E-state index contributed by atoms with van der Waals surface area (Å²) in [6.07, 6.45) is -0.312. The lowest BCUT2D eigenvalue weighted by Gasteiger charge is -2.28. The van der Waals surface area contributed by atoms with Gasteiger partial charge < -0.3 is 14.8 Å². The average Bonchev–Trinajstić information content (AvgIpc) is 3.20. The number of dihydropyridines is 1. The molecule has 1 N–H and O–H groups in total. The SMILES string of the molecule is CCOC(=O)CC(=O)CSC1=C(C#N)[C@H](c2cccs2)C(C(=O)OCC)=C(C)N1. The topological polar surface area (TPSA) is 105 Å². The molecule has 1 aromatic heterocycles. The van der Waals surface area contributed by atoms with E-state index in [2.05, 4.69) is 11.4 Å². The molecule has 0 unspecified atom stereocenters. The molecule has 29 heavy (non-hydrogen) atoms. The Morgan fingerprint density at radius 3 is 2.59 bits per heavy atom. The van der Waals surface area contributed by atoms with Crippen molar-refractivity contribution >= 4 is 40.8 Å². The van der Waals surface area contributed by atoms with Gasteiger partial charge in [-0.3, -0.25) is 9.59 Å². The maximum Gasteiger partial charge on any atom is 0.336 e. The van der Waals surface area contributed by atoms with Gasteiger partial charge in [0.15, 0.2) is 5.78 Å². The van der Waals surface area contributed by atoms with E-state index in [0.717, 1.165) is 16.6 Å². The molecule has 0 aromatic carbocycles. The Kier molecular flexibility index (Phi) is 8.49. The van der Waals surface area contributed by atoms with Crippen LogP contribution in [-0.4, -0.2) is 36.7 Å². The van der Waals surface area contributed by atoms with E-state index >= 15 is 0 Å². The van der Waals surface area contributed by atoms with Crippen LogP contribution in [0.4, 0.5) is 0 Å². The number of thioether (sulfide) groups is 1. The Bertz CT molecular complexity index is 881. The Balaban J connectivity index is 2.29. The second kappa shape index (κ2) is 10.8. The van der Waals surface area contributed by atoms with E-state index in [1.165, 1.54) is 11.3 Å². The highest BCUT2D eigenvalue weighted by atomic mass is 32.2. The van der Waals surface area contributed by atoms with Gasteiger partial charge in [-0.15, -0.1) is 11.3 Å². The third-order valence-electron chi connectivity index (χ3n) is 3.99. The molecule has 1 atom stereocenters. The van der Waals surface area contributed by atoms with Crippen molar-refractivity contribution in [2.24, 2.45) is 0 Å². The minimum absolute atomic E-state index is 0.00546. The third-order valence-corrected chi connectivity index (χ3v) is 6.01. The number of ketones is 1. The normalized spacial score (nSPS) is 16.1. The molecule has 2 rings (SSSR count). The van der Waals surface area contributed by atoms with E-state index in [-0.39, 0.29) is 31.2 Å². The summed E-state index contributed by atoms with van der Waals surface area (Å²) in [5.41, 5.74) is 1.30. The number of thiophene rings is 1. The Morgan fingerprint density at radius 1 is 1.28 bits per heavy atom. The molecule has 0 fully saturated rings. The van der Waals surface area contributed by atoms with Gasteiger partial charge in [0.1, 0.15) is 6.42 Å². The van der Waals surface area contributed by atoms with Crippen LogP contribution in [0.1, 0.15) is 38.0 Å². The lowest BCUT2D eigenvalue weighted by Crippen LogP contribution is -2.29. The highest BCUT2D eigenvalue weighted by Gasteiger charge is 2.36. The van der Waals surface area contributed by atoms with Crippen molar-refractivity contribution in [3.05, 3.63) is 44.3 Å². The Hall–Kier alpha value is -2.57. The first-order valence-corrected chi connectivity index (χ1v) is 10.9. The zero-order valence-electron chi connectivity index (χ0n) is 16.4. The number of hydrogen-bond donors (Lipinski definition) is 1. The van der Waals surface area contributed by atoms with Crippen molar-refractivity contribution < 1.29 is 23.9 Å². The molecular weight excluding hydrogens is 412 g/mol. The van der Waals surface area contributed by atoms with Crippen LogP contribution in [0, 0.1) is 11.3 Å². The number of nitrogens with zero attached hydrogens (tertiary/aromatic N) is 1. The molecule has 2 heterocycles. The summed E-state index contributed by atoms with van der Waals surface area (Å²) >= 11 is 2.57. The highest BCUT2D eigenvalue weighted by Crippen LogP contribution is 2.42. The number of carbonyl (C=O) groups is 3. The Labute approximate surface area is 177 Å². The molecule has 0 saturated carbocycles. The lowest BCUT2D eigenvalue weighted by atomic mass is 9.87. The van der Waals surface area contributed by atoms with Crippen molar-refractivity contribution in [2.45, 2.75) is 33.1 Å². The van der Waals surface area contributed by atoms with Crippen LogP contribution >= 0.6 is 23.1 Å². The fourth-order valence-electron chi connectivity index (χ4n) is 2.82. The quantitative estimate of drug-likeness (QED) is 0.466. The predicted molar refractivity (Wildman–Crippen MR) is 111 cm³/mol. The van der Waals surface area contributed by atoms with E-state index in [1.807, 2.05) is 17.5 Å². The number of nitrogens with one attached hydrogen (secondary N) is 1. The van der Waals surface area contributed by atoms with E-state index in [1.54, 1.807) is 20.8 Å². The number of Topliss-reactive ketones (excluding diaryl/α,β-unsaturated/α-hetero) is 1. The summed E-state index contributed by atoms with van der Waals surface area (Å²) in [6, 6.07) is 5.89. The maximum atomic E-state index is 12.6. The second-order valence-corrected chi connectivity index (χ2v) is 7.96. The molecule has 0 aliphatic carbocycles. The van der Waals surface area contributed by atoms with Gasteiger partial charge in [0.05, 0.1) is 47.1 Å². The maximum absolute atomic E-state index is 12.6. The monoisotopic (exact) mass is 434 g/mol. The third kappa shape index (κ3) is 5.71.